The Morgan fingerprint density at radius 3 is 3.00 bits per heavy atom. The number of hydrogen-bond donors (Lipinski definition) is 1. The van der Waals surface area contributed by atoms with Crippen molar-refractivity contribution in [3.05, 3.63) is 23.9 Å². The van der Waals surface area contributed by atoms with Crippen LogP contribution in [0.25, 0.3) is 0 Å². The summed E-state index contributed by atoms with van der Waals surface area (Å²) in [7, 11) is 0. The van der Waals surface area contributed by atoms with Gasteiger partial charge in [-0.25, -0.2) is 9.78 Å². The van der Waals surface area contributed by atoms with Gasteiger partial charge in [-0.15, -0.1) is 0 Å². The van der Waals surface area contributed by atoms with E-state index >= 15 is 0 Å². The standard InChI is InChI=1S/C12H15NO5/c1-12(2)17-7-8(18-12)6-16-10-5-3-4-9(13-10)11(14)15/h3-5,8H,6-7H2,1-2H3,(H,14,15)/t8-/m0/s1. The first-order chi connectivity index (χ1) is 8.46. The highest BCUT2D eigenvalue weighted by Gasteiger charge is 2.33. The summed E-state index contributed by atoms with van der Waals surface area (Å²) in [4.78, 5) is 14.6. The Hall–Kier alpha value is -1.66. The predicted octanol–water partition coefficient (Wildman–Crippen LogP) is 1.31. The van der Waals surface area contributed by atoms with Crippen LogP contribution in [0.2, 0.25) is 0 Å². The minimum absolute atomic E-state index is 0.0450. The fourth-order valence-electron chi connectivity index (χ4n) is 1.64. The van der Waals surface area contributed by atoms with E-state index in [4.69, 9.17) is 19.3 Å². The summed E-state index contributed by atoms with van der Waals surface area (Å²) < 4.78 is 16.3. The molecule has 0 amide bonds. The highest BCUT2D eigenvalue weighted by molar-refractivity contribution is 5.85. The first-order valence-electron chi connectivity index (χ1n) is 5.61. The molecule has 1 aliphatic rings. The molecule has 6 nitrogen and oxygen atoms in total. The molecule has 6 heteroatoms. The van der Waals surface area contributed by atoms with Crippen molar-refractivity contribution in [3.8, 4) is 5.88 Å². The van der Waals surface area contributed by atoms with Crippen molar-refractivity contribution >= 4 is 5.97 Å². The van der Waals surface area contributed by atoms with E-state index in [9.17, 15) is 4.79 Å². The minimum Gasteiger partial charge on any atom is -0.477 e. The van der Waals surface area contributed by atoms with Crippen LogP contribution >= 0.6 is 0 Å². The number of ether oxygens (including phenoxy) is 3. The summed E-state index contributed by atoms with van der Waals surface area (Å²) in [6, 6.07) is 4.60. The zero-order valence-electron chi connectivity index (χ0n) is 10.3. The highest BCUT2D eigenvalue weighted by Crippen LogP contribution is 2.22. The number of rotatable bonds is 4. The minimum atomic E-state index is -1.08. The molecule has 1 aliphatic heterocycles. The van der Waals surface area contributed by atoms with Gasteiger partial charge in [-0.2, -0.15) is 0 Å². The number of aromatic carboxylic acids is 1. The van der Waals surface area contributed by atoms with Crippen molar-refractivity contribution in [2.45, 2.75) is 25.7 Å². The first kappa shape index (κ1) is 12.8. The van der Waals surface area contributed by atoms with Crippen LogP contribution in [0, 0.1) is 0 Å². The highest BCUT2D eigenvalue weighted by atomic mass is 16.7. The maximum atomic E-state index is 10.7. The van der Waals surface area contributed by atoms with Crippen molar-refractivity contribution in [1.29, 1.82) is 0 Å². The molecule has 1 N–H and O–H groups in total. The lowest BCUT2D eigenvalue weighted by Gasteiger charge is -2.17. The summed E-state index contributed by atoms with van der Waals surface area (Å²) >= 11 is 0. The van der Waals surface area contributed by atoms with E-state index < -0.39 is 11.8 Å². The van der Waals surface area contributed by atoms with E-state index in [0.29, 0.717) is 6.61 Å². The van der Waals surface area contributed by atoms with E-state index in [1.807, 2.05) is 13.8 Å². The van der Waals surface area contributed by atoms with Gasteiger partial charge in [0.15, 0.2) is 11.5 Å². The molecule has 0 aromatic carbocycles. The van der Waals surface area contributed by atoms with Crippen LogP contribution < -0.4 is 4.74 Å². The van der Waals surface area contributed by atoms with E-state index in [2.05, 4.69) is 4.98 Å². The third kappa shape index (κ3) is 3.18. The molecule has 0 bridgehead atoms. The van der Waals surface area contributed by atoms with Gasteiger partial charge in [0.1, 0.15) is 12.7 Å². The van der Waals surface area contributed by atoms with Gasteiger partial charge in [-0.1, -0.05) is 6.07 Å². The summed E-state index contributed by atoms with van der Waals surface area (Å²) in [5, 5.41) is 8.79. The van der Waals surface area contributed by atoms with Crippen LogP contribution in [0.5, 0.6) is 5.88 Å². The molecular weight excluding hydrogens is 238 g/mol. The van der Waals surface area contributed by atoms with Crippen LogP contribution in [-0.4, -0.2) is 41.2 Å². The van der Waals surface area contributed by atoms with Gasteiger partial charge >= 0.3 is 5.97 Å². The maximum Gasteiger partial charge on any atom is 0.354 e. The molecule has 0 unspecified atom stereocenters. The van der Waals surface area contributed by atoms with Crippen LogP contribution in [0.3, 0.4) is 0 Å². The van der Waals surface area contributed by atoms with Crippen LogP contribution in [0.1, 0.15) is 24.3 Å². The number of aromatic nitrogens is 1. The topological polar surface area (TPSA) is 77.9 Å². The van der Waals surface area contributed by atoms with Crippen molar-refractivity contribution in [2.75, 3.05) is 13.2 Å². The fourth-order valence-corrected chi connectivity index (χ4v) is 1.64. The molecule has 1 atom stereocenters. The smallest absolute Gasteiger partial charge is 0.354 e. The molecule has 0 radical (unpaired) electrons. The third-order valence-corrected chi connectivity index (χ3v) is 2.43. The first-order valence-corrected chi connectivity index (χ1v) is 5.61. The van der Waals surface area contributed by atoms with Crippen molar-refractivity contribution in [3.63, 3.8) is 0 Å². The molecule has 18 heavy (non-hydrogen) atoms. The third-order valence-electron chi connectivity index (χ3n) is 2.43. The van der Waals surface area contributed by atoms with Gasteiger partial charge in [0, 0.05) is 6.07 Å². The molecule has 2 heterocycles. The van der Waals surface area contributed by atoms with Crippen LogP contribution in [0.15, 0.2) is 18.2 Å². The summed E-state index contributed by atoms with van der Waals surface area (Å²) in [6.07, 6.45) is -0.171. The van der Waals surface area contributed by atoms with Gasteiger partial charge in [-0.05, 0) is 19.9 Å². The average Bonchev–Trinajstić information content (AvgIpc) is 2.67. The molecule has 1 aromatic rings. The zero-order valence-corrected chi connectivity index (χ0v) is 10.3. The predicted molar refractivity (Wildman–Crippen MR) is 61.6 cm³/mol. The normalized spacial score (nSPS) is 21.8. The molecule has 98 valence electrons. The molecule has 1 aromatic heterocycles. The maximum absolute atomic E-state index is 10.7. The number of carboxylic acids is 1. The number of nitrogens with zero attached hydrogens (tertiary/aromatic N) is 1. The van der Waals surface area contributed by atoms with Crippen molar-refractivity contribution in [2.24, 2.45) is 0 Å². The zero-order chi connectivity index (χ0) is 13.2. The Kier molecular flexibility index (Phi) is 3.49. The second kappa shape index (κ2) is 4.91. The van der Waals surface area contributed by atoms with Gasteiger partial charge in [-0.3, -0.25) is 0 Å². The van der Waals surface area contributed by atoms with E-state index in [-0.39, 0.29) is 24.3 Å². The molecule has 0 saturated carbocycles. The van der Waals surface area contributed by atoms with Gasteiger partial charge < -0.3 is 19.3 Å². The Labute approximate surface area is 104 Å². The number of carbonyl (C=O) groups is 1. The molecule has 0 aliphatic carbocycles. The lowest BCUT2D eigenvalue weighted by atomic mass is 10.3. The lowest BCUT2D eigenvalue weighted by Crippen LogP contribution is -2.25. The Balaban J connectivity index is 1.91. The number of hydrogen-bond acceptors (Lipinski definition) is 5. The van der Waals surface area contributed by atoms with Gasteiger partial charge in [0.2, 0.25) is 5.88 Å². The average molecular weight is 253 g/mol. The van der Waals surface area contributed by atoms with Gasteiger partial charge in [0.05, 0.1) is 6.61 Å². The van der Waals surface area contributed by atoms with E-state index in [0.717, 1.165) is 0 Å². The molecule has 0 spiro atoms. The molecule has 1 fully saturated rings. The van der Waals surface area contributed by atoms with Crippen LogP contribution in [0.4, 0.5) is 0 Å². The van der Waals surface area contributed by atoms with E-state index in [1.165, 1.54) is 6.07 Å². The van der Waals surface area contributed by atoms with Crippen LogP contribution in [-0.2, 0) is 9.47 Å². The second-order valence-electron chi connectivity index (χ2n) is 4.43. The Bertz CT molecular complexity index is 446. The fraction of sp³-hybridized carbons (Fsp3) is 0.500. The summed E-state index contributed by atoms with van der Waals surface area (Å²) in [5.41, 5.74) is -0.0450. The quantitative estimate of drug-likeness (QED) is 0.871. The number of carboxylic acid groups (broad SMARTS) is 1. The van der Waals surface area contributed by atoms with Crippen molar-refractivity contribution in [1.82, 2.24) is 4.98 Å². The largest absolute Gasteiger partial charge is 0.477 e. The second-order valence-corrected chi connectivity index (χ2v) is 4.43. The lowest BCUT2D eigenvalue weighted by molar-refractivity contribution is -0.141. The Morgan fingerprint density at radius 1 is 1.61 bits per heavy atom. The van der Waals surface area contributed by atoms with E-state index in [1.54, 1.807) is 12.1 Å². The molecule has 2 rings (SSSR count). The Morgan fingerprint density at radius 2 is 2.39 bits per heavy atom. The number of pyridine rings is 1. The summed E-state index contributed by atoms with van der Waals surface area (Å²) in [6.45, 7) is 4.39. The monoisotopic (exact) mass is 253 g/mol. The SMILES string of the molecule is CC1(C)OC[C@H](COc2cccc(C(=O)O)n2)O1. The molecular formula is C12H15NO5. The van der Waals surface area contributed by atoms with Gasteiger partial charge in [0.25, 0.3) is 0 Å². The summed E-state index contributed by atoms with van der Waals surface area (Å²) in [5.74, 6) is -1.41. The van der Waals surface area contributed by atoms with Crippen molar-refractivity contribution < 1.29 is 24.1 Å². The molecule has 1 saturated heterocycles.